The van der Waals surface area contributed by atoms with Crippen LogP contribution in [-0.4, -0.2) is 76.3 Å². The maximum Gasteiger partial charge on any atom is 0.410 e. The lowest BCUT2D eigenvalue weighted by molar-refractivity contribution is -0.118. The Labute approximate surface area is 234 Å². The molecule has 1 aromatic carbocycles. The number of nitrogens with one attached hydrogen (secondary N) is 1. The van der Waals surface area contributed by atoms with Crippen LogP contribution in [0.4, 0.5) is 10.6 Å². The minimum absolute atomic E-state index is 0.0311. The van der Waals surface area contributed by atoms with Gasteiger partial charge in [0.1, 0.15) is 24.2 Å². The van der Waals surface area contributed by atoms with Gasteiger partial charge in [0.15, 0.2) is 0 Å². The summed E-state index contributed by atoms with van der Waals surface area (Å²) in [6.07, 6.45) is 2.21. The molecule has 3 heterocycles. The van der Waals surface area contributed by atoms with Crippen LogP contribution in [0.2, 0.25) is 0 Å². The van der Waals surface area contributed by atoms with Gasteiger partial charge in [-0.15, -0.1) is 0 Å². The second-order valence-corrected chi connectivity index (χ2v) is 11.1. The fourth-order valence-electron chi connectivity index (χ4n) is 4.92. The first-order valence-electron chi connectivity index (χ1n) is 13.6. The Morgan fingerprint density at radius 2 is 1.85 bits per heavy atom. The highest BCUT2D eigenvalue weighted by Gasteiger charge is 2.32. The van der Waals surface area contributed by atoms with Crippen LogP contribution in [0.3, 0.4) is 0 Å². The van der Waals surface area contributed by atoms with E-state index in [1.165, 1.54) is 4.90 Å². The number of anilines is 1. The maximum atomic E-state index is 13.1. The fourth-order valence-corrected chi connectivity index (χ4v) is 4.92. The highest BCUT2D eigenvalue weighted by atomic mass is 16.6. The molecule has 2 aromatic heterocycles. The monoisotopic (exact) mass is 549 g/mol. The molecule has 214 valence electrons. The molecular weight excluding hydrogens is 510 g/mol. The molecule has 0 spiro atoms. The highest BCUT2D eigenvalue weighted by Crippen LogP contribution is 2.23. The summed E-state index contributed by atoms with van der Waals surface area (Å²) >= 11 is 0. The molecule has 3 aromatic rings. The van der Waals surface area contributed by atoms with Crippen molar-refractivity contribution in [2.24, 2.45) is 0 Å². The summed E-state index contributed by atoms with van der Waals surface area (Å²) < 4.78 is 13.0. The zero-order valence-electron chi connectivity index (χ0n) is 24.0. The predicted octanol–water partition coefficient (Wildman–Crippen LogP) is 4.05. The summed E-state index contributed by atoms with van der Waals surface area (Å²) in [6, 6.07) is 12.7. The summed E-state index contributed by atoms with van der Waals surface area (Å²) in [6.45, 7) is 10.2. The van der Waals surface area contributed by atoms with Crippen molar-refractivity contribution in [3.05, 3.63) is 64.6 Å². The summed E-state index contributed by atoms with van der Waals surface area (Å²) in [5, 5.41) is 3.75. The molecule has 0 radical (unpaired) electrons. The Kier molecular flexibility index (Phi) is 9.09. The van der Waals surface area contributed by atoms with Crippen molar-refractivity contribution in [2.45, 2.75) is 58.7 Å². The zero-order chi connectivity index (χ0) is 28.9. The molecule has 1 saturated heterocycles. The lowest BCUT2D eigenvalue weighted by atomic mass is 10.1. The SMILES string of the molecule is COc1ccc2c(C)cc(=O)n(CCN3CCC(OC(=O)N(CC(=O)Nc4ccccn4)C(C)(C)C)CC3)c2c1. The molecule has 1 fully saturated rings. The number of aryl methyl sites for hydroxylation is 1. The van der Waals surface area contributed by atoms with Crippen LogP contribution in [0.1, 0.15) is 39.2 Å². The van der Waals surface area contributed by atoms with E-state index >= 15 is 0 Å². The quantitative estimate of drug-likeness (QED) is 0.452. The van der Waals surface area contributed by atoms with E-state index in [0.29, 0.717) is 37.5 Å². The average Bonchev–Trinajstić information content (AvgIpc) is 2.92. The average molecular weight is 550 g/mol. The van der Waals surface area contributed by atoms with Crippen LogP contribution in [-0.2, 0) is 16.1 Å². The van der Waals surface area contributed by atoms with Crippen molar-refractivity contribution >= 4 is 28.7 Å². The van der Waals surface area contributed by atoms with E-state index in [-0.39, 0.29) is 24.1 Å². The third-order valence-corrected chi connectivity index (χ3v) is 7.23. The van der Waals surface area contributed by atoms with Gasteiger partial charge < -0.3 is 24.3 Å². The van der Waals surface area contributed by atoms with Gasteiger partial charge in [-0.1, -0.05) is 6.07 Å². The number of rotatable bonds is 8. The van der Waals surface area contributed by atoms with Crippen molar-refractivity contribution in [3.63, 3.8) is 0 Å². The van der Waals surface area contributed by atoms with Crippen LogP contribution in [0.15, 0.2) is 53.5 Å². The summed E-state index contributed by atoms with van der Waals surface area (Å²) in [4.78, 5) is 46.4. The largest absolute Gasteiger partial charge is 0.497 e. The highest BCUT2D eigenvalue weighted by molar-refractivity contribution is 5.93. The fraction of sp³-hybridized carbons (Fsp3) is 0.467. The number of carbonyl (C=O) groups excluding carboxylic acids is 2. The van der Waals surface area contributed by atoms with Crippen molar-refractivity contribution in [1.29, 1.82) is 0 Å². The summed E-state index contributed by atoms with van der Waals surface area (Å²) in [5.41, 5.74) is 1.17. The van der Waals surface area contributed by atoms with Gasteiger partial charge in [-0.2, -0.15) is 0 Å². The Morgan fingerprint density at radius 3 is 2.50 bits per heavy atom. The lowest BCUT2D eigenvalue weighted by Gasteiger charge is -2.37. The number of pyridine rings is 2. The first-order valence-corrected chi connectivity index (χ1v) is 13.6. The van der Waals surface area contributed by atoms with Crippen molar-refractivity contribution < 1.29 is 19.1 Å². The van der Waals surface area contributed by atoms with Crippen LogP contribution in [0, 0.1) is 6.92 Å². The first kappa shape index (κ1) is 29.1. The van der Waals surface area contributed by atoms with E-state index in [1.54, 1.807) is 42.1 Å². The third-order valence-electron chi connectivity index (χ3n) is 7.23. The van der Waals surface area contributed by atoms with E-state index in [2.05, 4.69) is 15.2 Å². The first-order chi connectivity index (χ1) is 19.0. The van der Waals surface area contributed by atoms with E-state index in [9.17, 15) is 14.4 Å². The second kappa shape index (κ2) is 12.5. The number of amides is 2. The molecule has 1 aliphatic rings. The van der Waals surface area contributed by atoms with Crippen LogP contribution < -0.4 is 15.6 Å². The Hall–Kier alpha value is -3.92. The molecule has 40 heavy (non-hydrogen) atoms. The van der Waals surface area contributed by atoms with Gasteiger partial charge in [-0.25, -0.2) is 9.78 Å². The minimum Gasteiger partial charge on any atom is -0.497 e. The number of piperidine rings is 1. The van der Waals surface area contributed by atoms with E-state index in [0.717, 1.165) is 29.6 Å². The van der Waals surface area contributed by atoms with E-state index < -0.39 is 11.6 Å². The van der Waals surface area contributed by atoms with E-state index in [1.807, 2.05) is 45.9 Å². The number of likely N-dealkylation sites (tertiary alicyclic amines) is 1. The molecule has 2 amide bonds. The predicted molar refractivity (Wildman–Crippen MR) is 155 cm³/mol. The molecular formula is C30H39N5O5. The number of aromatic nitrogens is 2. The van der Waals surface area contributed by atoms with Gasteiger partial charge in [-0.05, 0) is 70.4 Å². The molecule has 0 unspecified atom stereocenters. The topological polar surface area (TPSA) is 106 Å². The molecule has 0 saturated carbocycles. The Morgan fingerprint density at radius 1 is 1.10 bits per heavy atom. The van der Waals surface area contributed by atoms with Gasteiger partial charge in [0.2, 0.25) is 5.91 Å². The number of benzene rings is 1. The number of fused-ring (bicyclic) bond motifs is 1. The van der Waals surface area contributed by atoms with Gasteiger partial charge in [0, 0.05) is 55.4 Å². The van der Waals surface area contributed by atoms with Crippen molar-refractivity contribution in [1.82, 2.24) is 19.4 Å². The van der Waals surface area contributed by atoms with Crippen LogP contribution >= 0.6 is 0 Å². The number of carbonyl (C=O) groups is 2. The van der Waals surface area contributed by atoms with E-state index in [4.69, 9.17) is 9.47 Å². The standard InChI is InChI=1S/C30H39N5O5/c1-21-18-28(37)34(25-19-23(39-5)9-10-24(21)25)17-16-33-14-11-22(12-15-33)40-29(38)35(30(2,3)4)20-27(36)32-26-8-6-7-13-31-26/h6-10,13,18-19,22H,11-12,14-17,20H2,1-5H3,(H,31,32,36). The van der Waals surface area contributed by atoms with Crippen molar-refractivity contribution in [2.75, 3.05) is 38.6 Å². The Balaban J connectivity index is 1.32. The molecule has 4 rings (SSSR count). The third kappa shape index (κ3) is 7.18. The normalized spacial score (nSPS) is 14.6. The number of ether oxygens (including phenoxy) is 2. The molecule has 0 aliphatic carbocycles. The molecule has 1 aliphatic heterocycles. The lowest BCUT2D eigenvalue weighted by Crippen LogP contribution is -2.51. The smallest absolute Gasteiger partial charge is 0.410 e. The molecule has 10 heteroatoms. The Bertz CT molecular complexity index is 1390. The van der Waals surface area contributed by atoms with Gasteiger partial charge >= 0.3 is 6.09 Å². The molecule has 0 bridgehead atoms. The maximum absolute atomic E-state index is 13.1. The summed E-state index contributed by atoms with van der Waals surface area (Å²) in [7, 11) is 1.62. The number of nitrogens with zero attached hydrogens (tertiary/aromatic N) is 4. The number of methoxy groups -OCH3 is 1. The van der Waals surface area contributed by atoms with Crippen LogP contribution in [0.5, 0.6) is 5.75 Å². The summed E-state index contributed by atoms with van der Waals surface area (Å²) in [5.74, 6) is 0.811. The zero-order valence-corrected chi connectivity index (χ0v) is 24.0. The van der Waals surface area contributed by atoms with Gasteiger partial charge in [-0.3, -0.25) is 14.5 Å². The molecule has 10 nitrogen and oxygen atoms in total. The van der Waals surface area contributed by atoms with Gasteiger partial charge in [0.25, 0.3) is 5.56 Å². The van der Waals surface area contributed by atoms with Crippen LogP contribution in [0.25, 0.3) is 10.9 Å². The number of hydrogen-bond acceptors (Lipinski definition) is 7. The van der Waals surface area contributed by atoms with Gasteiger partial charge in [0.05, 0.1) is 12.6 Å². The minimum atomic E-state index is -0.605. The second-order valence-electron chi connectivity index (χ2n) is 11.1. The molecule has 0 atom stereocenters. The molecule has 1 N–H and O–H groups in total. The number of hydrogen-bond donors (Lipinski definition) is 1. The van der Waals surface area contributed by atoms with Crippen molar-refractivity contribution in [3.8, 4) is 5.75 Å².